The Morgan fingerprint density at radius 2 is 2.20 bits per heavy atom. The van der Waals surface area contributed by atoms with E-state index in [0.717, 1.165) is 9.96 Å². The summed E-state index contributed by atoms with van der Waals surface area (Å²) in [6.45, 7) is 2.05. The predicted octanol–water partition coefficient (Wildman–Crippen LogP) is 4.66. The number of nitrogens with zero attached hydrogens (tertiary/aromatic N) is 1. The molecule has 1 aromatic heterocycles. The minimum atomic E-state index is -0.542. The van der Waals surface area contributed by atoms with Gasteiger partial charge in [-0.25, -0.2) is 4.79 Å². The smallest absolute Gasteiger partial charge is 0.412 e. The third-order valence-electron chi connectivity index (χ3n) is 2.32. The van der Waals surface area contributed by atoms with E-state index in [0.29, 0.717) is 17.4 Å². The van der Waals surface area contributed by atoms with Gasteiger partial charge in [0.2, 0.25) is 0 Å². The Hall–Kier alpha value is -1.24. The van der Waals surface area contributed by atoms with Gasteiger partial charge in [0.1, 0.15) is 9.23 Å². The number of thioether (sulfide) groups is 1. The van der Waals surface area contributed by atoms with Crippen LogP contribution in [0.5, 0.6) is 0 Å². The largest absolute Gasteiger partial charge is 0.450 e. The molecule has 20 heavy (non-hydrogen) atoms. The first-order valence-electron chi connectivity index (χ1n) is 5.96. The van der Waals surface area contributed by atoms with Crippen molar-refractivity contribution in [3.05, 3.63) is 40.9 Å². The number of hydrogen-bond acceptors (Lipinski definition) is 5. The van der Waals surface area contributed by atoms with Crippen LogP contribution in [0.3, 0.4) is 0 Å². The van der Waals surface area contributed by atoms with Crippen molar-refractivity contribution >= 4 is 46.8 Å². The van der Waals surface area contributed by atoms with Crippen molar-refractivity contribution in [3.63, 3.8) is 0 Å². The summed E-state index contributed by atoms with van der Waals surface area (Å²) in [7, 11) is 0. The maximum Gasteiger partial charge on any atom is 0.412 e. The van der Waals surface area contributed by atoms with E-state index in [1.165, 1.54) is 17.1 Å². The molecule has 0 saturated carbocycles. The molecule has 106 valence electrons. The number of aromatic nitrogens is 1. The maximum absolute atomic E-state index is 11.3. The third kappa shape index (κ3) is 4.13. The fourth-order valence-electron chi connectivity index (χ4n) is 1.42. The molecular formula is C13H13ClN2O2S2. The minimum absolute atomic E-state index is 0.309. The fraction of sp³-hybridized carbons (Fsp3) is 0.231. The van der Waals surface area contributed by atoms with Gasteiger partial charge in [0.05, 0.1) is 6.61 Å². The van der Waals surface area contributed by atoms with Crippen molar-refractivity contribution in [2.75, 3.05) is 11.9 Å². The molecule has 1 amide bonds. The van der Waals surface area contributed by atoms with Crippen LogP contribution in [-0.2, 0) is 10.5 Å². The predicted molar refractivity (Wildman–Crippen MR) is 83.8 cm³/mol. The standard InChI is InChI=1S/C13H13ClN2O2S2/c1-2-18-13(17)15-11-10(14)12(20-16-11)19-8-9-6-4-3-5-7-9/h3-7H,2,8H2,1H3,(H,15,16,17). The number of nitrogens with one attached hydrogen (secondary N) is 1. The van der Waals surface area contributed by atoms with Gasteiger partial charge in [0.15, 0.2) is 5.82 Å². The van der Waals surface area contributed by atoms with Crippen molar-refractivity contribution in [2.24, 2.45) is 0 Å². The van der Waals surface area contributed by atoms with Crippen LogP contribution >= 0.6 is 34.9 Å². The van der Waals surface area contributed by atoms with Crippen LogP contribution in [0.1, 0.15) is 12.5 Å². The number of hydrogen-bond donors (Lipinski definition) is 1. The molecule has 1 heterocycles. The molecule has 2 rings (SSSR count). The van der Waals surface area contributed by atoms with Crippen LogP contribution in [0.15, 0.2) is 34.5 Å². The van der Waals surface area contributed by atoms with Crippen LogP contribution in [0.25, 0.3) is 0 Å². The van der Waals surface area contributed by atoms with E-state index < -0.39 is 6.09 Å². The Labute approximate surface area is 130 Å². The van der Waals surface area contributed by atoms with E-state index in [1.54, 1.807) is 18.7 Å². The summed E-state index contributed by atoms with van der Waals surface area (Å²) < 4.78 is 9.79. The maximum atomic E-state index is 11.3. The van der Waals surface area contributed by atoms with E-state index in [4.69, 9.17) is 16.3 Å². The van der Waals surface area contributed by atoms with Crippen LogP contribution in [0.2, 0.25) is 5.02 Å². The number of rotatable bonds is 5. The van der Waals surface area contributed by atoms with Crippen LogP contribution in [0, 0.1) is 0 Å². The monoisotopic (exact) mass is 328 g/mol. The lowest BCUT2D eigenvalue weighted by Gasteiger charge is -2.02. The second kappa shape index (κ2) is 7.52. The molecule has 0 aliphatic rings. The van der Waals surface area contributed by atoms with Crippen molar-refractivity contribution < 1.29 is 9.53 Å². The van der Waals surface area contributed by atoms with Gasteiger partial charge in [-0.05, 0) is 24.0 Å². The molecule has 1 aromatic carbocycles. The lowest BCUT2D eigenvalue weighted by Crippen LogP contribution is -2.13. The summed E-state index contributed by atoms with van der Waals surface area (Å²) in [5.41, 5.74) is 1.21. The minimum Gasteiger partial charge on any atom is -0.450 e. The number of benzene rings is 1. The molecular weight excluding hydrogens is 316 g/mol. The Morgan fingerprint density at radius 1 is 1.45 bits per heavy atom. The third-order valence-corrected chi connectivity index (χ3v) is 5.07. The van der Waals surface area contributed by atoms with Gasteiger partial charge >= 0.3 is 6.09 Å². The summed E-state index contributed by atoms with van der Waals surface area (Å²) in [6, 6.07) is 10.1. The van der Waals surface area contributed by atoms with E-state index in [1.807, 2.05) is 18.2 Å². The first kappa shape index (κ1) is 15.2. The highest BCUT2D eigenvalue weighted by Gasteiger charge is 2.15. The highest BCUT2D eigenvalue weighted by molar-refractivity contribution is 8.00. The molecule has 7 heteroatoms. The second-order valence-electron chi connectivity index (χ2n) is 3.75. The van der Waals surface area contributed by atoms with Gasteiger partial charge in [0.25, 0.3) is 0 Å². The van der Waals surface area contributed by atoms with Gasteiger partial charge in [-0.2, -0.15) is 4.37 Å². The van der Waals surface area contributed by atoms with Gasteiger partial charge in [-0.1, -0.05) is 41.9 Å². The zero-order chi connectivity index (χ0) is 14.4. The molecule has 0 fully saturated rings. The zero-order valence-electron chi connectivity index (χ0n) is 10.8. The van der Waals surface area contributed by atoms with Gasteiger partial charge < -0.3 is 4.74 Å². The normalized spacial score (nSPS) is 10.3. The molecule has 0 bridgehead atoms. The molecule has 0 unspecified atom stereocenters. The van der Waals surface area contributed by atoms with E-state index in [9.17, 15) is 4.79 Å². The quantitative estimate of drug-likeness (QED) is 0.811. The summed E-state index contributed by atoms with van der Waals surface area (Å²) in [6.07, 6.45) is -0.542. The Balaban J connectivity index is 1.96. The van der Waals surface area contributed by atoms with Crippen molar-refractivity contribution in [3.8, 4) is 0 Å². The first-order chi connectivity index (χ1) is 9.70. The second-order valence-corrected chi connectivity index (χ2v) is 6.15. The number of ether oxygens (including phenoxy) is 1. The number of carbonyl (C=O) groups excluding carboxylic acids is 1. The number of halogens is 1. The number of amides is 1. The SMILES string of the molecule is CCOC(=O)Nc1nsc(SCc2ccccc2)c1Cl. The molecule has 2 aromatic rings. The summed E-state index contributed by atoms with van der Waals surface area (Å²) in [5, 5.41) is 2.98. The van der Waals surface area contributed by atoms with E-state index >= 15 is 0 Å². The molecule has 1 N–H and O–H groups in total. The summed E-state index contributed by atoms with van der Waals surface area (Å²) >= 11 is 9.05. The first-order valence-corrected chi connectivity index (χ1v) is 8.10. The van der Waals surface area contributed by atoms with Crippen molar-refractivity contribution in [2.45, 2.75) is 16.9 Å². The molecule has 4 nitrogen and oxygen atoms in total. The van der Waals surface area contributed by atoms with Gasteiger partial charge in [-0.15, -0.1) is 11.8 Å². The van der Waals surface area contributed by atoms with E-state index in [2.05, 4.69) is 21.8 Å². The van der Waals surface area contributed by atoms with Crippen molar-refractivity contribution in [1.82, 2.24) is 4.37 Å². The van der Waals surface area contributed by atoms with Crippen LogP contribution in [0.4, 0.5) is 10.6 Å². The van der Waals surface area contributed by atoms with Gasteiger partial charge in [0, 0.05) is 5.75 Å². The molecule has 0 atom stereocenters. The highest BCUT2D eigenvalue weighted by atomic mass is 35.5. The fourth-order valence-corrected chi connectivity index (χ4v) is 3.53. The molecule has 0 aliphatic heterocycles. The number of anilines is 1. The highest BCUT2D eigenvalue weighted by Crippen LogP contribution is 2.38. The number of carbonyl (C=O) groups is 1. The molecule has 0 aliphatic carbocycles. The van der Waals surface area contributed by atoms with Gasteiger partial charge in [-0.3, -0.25) is 5.32 Å². The van der Waals surface area contributed by atoms with E-state index in [-0.39, 0.29) is 0 Å². The Bertz CT molecular complexity index is 575. The average molecular weight is 329 g/mol. The van der Waals surface area contributed by atoms with Crippen LogP contribution in [-0.4, -0.2) is 17.1 Å². The zero-order valence-corrected chi connectivity index (χ0v) is 13.1. The molecule has 0 saturated heterocycles. The lowest BCUT2D eigenvalue weighted by molar-refractivity contribution is 0.168. The van der Waals surface area contributed by atoms with Crippen LogP contribution < -0.4 is 5.32 Å². The van der Waals surface area contributed by atoms with Crippen molar-refractivity contribution in [1.29, 1.82) is 0 Å². The lowest BCUT2D eigenvalue weighted by atomic mass is 10.2. The molecule has 0 radical (unpaired) electrons. The Morgan fingerprint density at radius 3 is 2.90 bits per heavy atom. The summed E-state index contributed by atoms with van der Waals surface area (Å²) in [5.74, 6) is 1.16. The Kier molecular flexibility index (Phi) is 5.70. The molecule has 0 spiro atoms. The summed E-state index contributed by atoms with van der Waals surface area (Å²) in [4.78, 5) is 11.3. The average Bonchev–Trinajstić information content (AvgIpc) is 2.79. The topological polar surface area (TPSA) is 51.2 Å².